The lowest BCUT2D eigenvalue weighted by Crippen LogP contribution is -2.37. The average Bonchev–Trinajstić information content (AvgIpc) is 3.29. The third-order valence-electron chi connectivity index (χ3n) is 10.1. The summed E-state index contributed by atoms with van der Waals surface area (Å²) in [7, 11) is -2.36. The smallest absolute Gasteiger partial charge is 0.252 e. The van der Waals surface area contributed by atoms with E-state index < -0.39 is 16.1 Å². The lowest BCUT2D eigenvalue weighted by molar-refractivity contribution is -0.135. The highest BCUT2D eigenvalue weighted by molar-refractivity contribution is 7.92. The zero-order valence-corrected chi connectivity index (χ0v) is 38.5. The minimum absolute atomic E-state index is 0.0154. The van der Waals surface area contributed by atoms with Crippen LogP contribution in [0.25, 0.3) is 33.2 Å². The van der Waals surface area contributed by atoms with Crippen LogP contribution in [0.4, 0.5) is 11.4 Å². The van der Waals surface area contributed by atoms with Crippen LogP contribution in [0.5, 0.6) is 5.88 Å². The van der Waals surface area contributed by atoms with Crippen molar-refractivity contribution >= 4 is 56.9 Å². The summed E-state index contributed by atoms with van der Waals surface area (Å²) < 4.78 is 38.4. The molecule has 0 fully saturated rings. The molecular weight excluding hydrogens is 851 g/mol. The van der Waals surface area contributed by atoms with Gasteiger partial charge in [0.1, 0.15) is 11.7 Å². The van der Waals surface area contributed by atoms with Crippen molar-refractivity contribution in [3.05, 3.63) is 115 Å². The predicted octanol–water partition coefficient (Wildman–Crippen LogP) is 5.90. The van der Waals surface area contributed by atoms with Crippen molar-refractivity contribution in [2.75, 3.05) is 42.7 Å². The molecule has 0 bridgehead atoms. The van der Waals surface area contributed by atoms with Gasteiger partial charge in [-0.15, -0.1) is 0 Å². The predicted molar refractivity (Wildman–Crippen MR) is 252 cm³/mol. The molecule has 0 radical (unpaired) electrons. The number of nitrogens with one attached hydrogen (secondary N) is 3. The Morgan fingerprint density at radius 3 is 2.28 bits per heavy atom. The van der Waals surface area contributed by atoms with E-state index >= 15 is 0 Å². The van der Waals surface area contributed by atoms with E-state index in [0.29, 0.717) is 61.2 Å². The Labute approximate surface area is 380 Å². The van der Waals surface area contributed by atoms with E-state index in [4.69, 9.17) is 9.47 Å². The average molecular weight is 908 g/mol. The number of aromatic nitrogens is 4. The zero-order valence-electron chi connectivity index (χ0n) is 37.7. The minimum atomic E-state index is -3.79. The highest BCUT2D eigenvalue weighted by Gasteiger charge is 2.24. The van der Waals surface area contributed by atoms with Crippen molar-refractivity contribution in [1.29, 1.82) is 0 Å². The van der Waals surface area contributed by atoms with Crippen molar-refractivity contribution in [1.82, 2.24) is 35.7 Å². The van der Waals surface area contributed by atoms with Crippen LogP contribution in [-0.4, -0.2) is 103 Å². The van der Waals surface area contributed by atoms with Crippen molar-refractivity contribution in [2.24, 2.45) is 5.92 Å². The molecule has 5 aromatic rings. The van der Waals surface area contributed by atoms with E-state index in [1.54, 1.807) is 75.0 Å². The van der Waals surface area contributed by atoms with Gasteiger partial charge in [0.15, 0.2) is 0 Å². The maximum atomic E-state index is 13.1. The molecule has 3 N–H and O–H groups in total. The highest BCUT2D eigenvalue weighted by atomic mass is 32.2. The molecule has 65 heavy (non-hydrogen) atoms. The molecule has 0 aliphatic rings. The van der Waals surface area contributed by atoms with Gasteiger partial charge in [0, 0.05) is 52.8 Å². The Kier molecular flexibility index (Phi) is 19.2. The monoisotopic (exact) mass is 907 g/mol. The largest absolute Gasteiger partial charge is 0.479 e. The molecule has 1 unspecified atom stereocenters. The standard InChI is InChI=1S/C31H29N7O5S.C16H28N2O3/c1-20(34-19-39)30(40)37-25-7-4-21(5-8-25)18-38(44(3,41)42)29-15-24(16-33-31(29)43-2)22-6-9-28-27(14-22)26(11-12-32-28)23-10-13-35-36-17-23;1-6-7-16(20)18(12-19)9-11-21-10-8-14(4)17-15(5)13(2)3/h4-17,19-20H,18H2,1-3H3,(H,34,39)(H,37,40);6-7,12-13,15,17H,4,8-11H2,1-3,5H3/b;7-6-/t20-;/m0./s1. The van der Waals surface area contributed by atoms with Gasteiger partial charge in [0.2, 0.25) is 34.6 Å². The number of allylic oxidation sites excluding steroid dienone is 1. The zero-order chi connectivity index (χ0) is 47.5. The van der Waals surface area contributed by atoms with E-state index in [9.17, 15) is 27.6 Å². The third-order valence-corrected chi connectivity index (χ3v) is 11.2. The number of rotatable bonds is 22. The van der Waals surface area contributed by atoms with Crippen LogP contribution in [0.2, 0.25) is 0 Å². The summed E-state index contributed by atoms with van der Waals surface area (Å²) in [5.74, 6) is -0.0237. The van der Waals surface area contributed by atoms with Crippen LogP contribution in [0.3, 0.4) is 0 Å². The van der Waals surface area contributed by atoms with Crippen LogP contribution in [0.1, 0.15) is 46.6 Å². The summed E-state index contributed by atoms with van der Waals surface area (Å²) >= 11 is 0. The molecule has 5 rings (SSSR count). The summed E-state index contributed by atoms with van der Waals surface area (Å²) in [5, 5.41) is 17.2. The second-order valence-electron chi connectivity index (χ2n) is 15.2. The molecule has 3 heterocycles. The number of hydrogen-bond acceptors (Lipinski definition) is 13. The second-order valence-corrected chi connectivity index (χ2v) is 17.1. The van der Waals surface area contributed by atoms with Gasteiger partial charge < -0.3 is 25.4 Å². The van der Waals surface area contributed by atoms with Gasteiger partial charge in [0.05, 0.1) is 57.6 Å². The molecule has 17 nitrogen and oxygen atoms in total. The third kappa shape index (κ3) is 15.0. The first kappa shape index (κ1) is 50.6. The number of pyridine rings is 2. The van der Waals surface area contributed by atoms with Crippen molar-refractivity contribution < 1.29 is 37.1 Å². The maximum absolute atomic E-state index is 13.1. The van der Waals surface area contributed by atoms with E-state index in [0.717, 1.165) is 44.4 Å². The highest BCUT2D eigenvalue weighted by Crippen LogP contribution is 2.36. The molecular formula is C47H57N9O8S. The van der Waals surface area contributed by atoms with E-state index in [1.807, 2.05) is 30.3 Å². The Hall–Kier alpha value is -7.05. The Bertz CT molecular complexity index is 2540. The number of anilines is 2. The van der Waals surface area contributed by atoms with Crippen LogP contribution in [0.15, 0.2) is 110 Å². The van der Waals surface area contributed by atoms with Crippen LogP contribution >= 0.6 is 0 Å². The quantitative estimate of drug-likeness (QED) is 0.0419. The first-order valence-electron chi connectivity index (χ1n) is 20.8. The molecule has 2 aromatic carbocycles. The minimum Gasteiger partial charge on any atom is -0.479 e. The van der Waals surface area contributed by atoms with Gasteiger partial charge in [-0.05, 0) is 91.9 Å². The number of methoxy groups -OCH3 is 1. The summed E-state index contributed by atoms with van der Waals surface area (Å²) in [6, 6.07) is 17.7. The van der Waals surface area contributed by atoms with Gasteiger partial charge in [-0.2, -0.15) is 10.2 Å². The summed E-state index contributed by atoms with van der Waals surface area (Å²) in [6.07, 6.45) is 12.4. The van der Waals surface area contributed by atoms with E-state index in [1.165, 1.54) is 17.5 Å². The molecule has 0 saturated carbocycles. The first-order chi connectivity index (χ1) is 31.1. The molecule has 18 heteroatoms. The van der Waals surface area contributed by atoms with Gasteiger partial charge in [-0.3, -0.25) is 33.4 Å². The number of hydrogen-bond donors (Lipinski definition) is 3. The van der Waals surface area contributed by atoms with Crippen molar-refractivity contribution in [3.8, 4) is 28.1 Å². The Balaban J connectivity index is 0.000000373. The van der Waals surface area contributed by atoms with Crippen molar-refractivity contribution in [2.45, 2.75) is 59.7 Å². The molecule has 2 atom stereocenters. The topological polar surface area (TPSA) is 215 Å². The lowest BCUT2D eigenvalue weighted by atomic mass is 9.99. The molecule has 0 spiro atoms. The number of amides is 4. The number of ether oxygens (including phenoxy) is 2. The molecule has 0 aliphatic carbocycles. The lowest BCUT2D eigenvalue weighted by Gasteiger charge is -2.24. The molecule has 0 aliphatic heterocycles. The fraction of sp³-hybridized carbons (Fsp3) is 0.319. The van der Waals surface area contributed by atoms with Crippen LogP contribution in [-0.2, 0) is 40.5 Å². The fourth-order valence-electron chi connectivity index (χ4n) is 6.10. The van der Waals surface area contributed by atoms with Crippen LogP contribution in [0, 0.1) is 5.92 Å². The molecule has 0 saturated heterocycles. The normalized spacial score (nSPS) is 12.1. The number of sulfonamides is 1. The summed E-state index contributed by atoms with van der Waals surface area (Å²) in [5.41, 5.74) is 6.45. The first-order valence-corrected chi connectivity index (χ1v) is 22.6. The summed E-state index contributed by atoms with van der Waals surface area (Å²) in [6.45, 7) is 14.8. The SMILES string of the molecule is C=C(CCOCCN(C=O)C(=O)/C=C\C)NC(C)C(C)C.COc1ncc(-c2ccc3nccc(-c4ccnnc4)c3c2)cc1N(Cc1ccc(NC(=O)[C@H](C)NC=O)cc1)S(C)(=O)=O. The number of carbonyl (C=O) groups is 4. The van der Waals surface area contributed by atoms with Gasteiger partial charge in [-0.1, -0.05) is 44.7 Å². The van der Waals surface area contributed by atoms with Gasteiger partial charge >= 0.3 is 0 Å². The van der Waals surface area contributed by atoms with Gasteiger partial charge in [-0.25, -0.2) is 13.4 Å². The Morgan fingerprint density at radius 1 is 0.892 bits per heavy atom. The number of nitrogens with zero attached hydrogens (tertiary/aromatic N) is 6. The number of imide groups is 1. The number of carbonyl (C=O) groups excluding carboxylic acids is 4. The second kappa shape index (κ2) is 24.7. The number of fused-ring (bicyclic) bond motifs is 1. The molecule has 3 aromatic heterocycles. The van der Waals surface area contributed by atoms with E-state index in [-0.39, 0.29) is 36.5 Å². The summed E-state index contributed by atoms with van der Waals surface area (Å²) in [4.78, 5) is 55.1. The maximum Gasteiger partial charge on any atom is 0.252 e. The van der Waals surface area contributed by atoms with Crippen molar-refractivity contribution in [3.63, 3.8) is 0 Å². The van der Waals surface area contributed by atoms with Gasteiger partial charge in [0.25, 0.3) is 5.91 Å². The molecule has 344 valence electrons. The Morgan fingerprint density at radius 2 is 1.65 bits per heavy atom. The number of benzene rings is 2. The van der Waals surface area contributed by atoms with Crippen LogP contribution < -0.4 is 25.0 Å². The fourth-order valence-corrected chi connectivity index (χ4v) is 6.98. The molecule has 4 amide bonds. The van der Waals surface area contributed by atoms with E-state index in [2.05, 4.69) is 63.5 Å².